The highest BCUT2D eigenvalue weighted by Gasteiger charge is 2.27. The van der Waals surface area contributed by atoms with Crippen molar-refractivity contribution < 1.29 is 18.4 Å². The molecule has 2 amide bonds. The molecule has 0 radical (unpaired) electrons. The number of carbonyl (C=O) groups is 2. The summed E-state index contributed by atoms with van der Waals surface area (Å²) in [6.45, 7) is 0.833. The summed E-state index contributed by atoms with van der Waals surface area (Å²) in [7, 11) is 0. The van der Waals surface area contributed by atoms with Crippen LogP contribution in [0, 0.1) is 17.6 Å². The number of halogens is 3. The van der Waals surface area contributed by atoms with Gasteiger partial charge in [-0.25, -0.2) is 8.78 Å². The molecule has 0 aliphatic carbocycles. The van der Waals surface area contributed by atoms with Crippen molar-refractivity contribution in [2.75, 3.05) is 13.1 Å². The van der Waals surface area contributed by atoms with Crippen LogP contribution in [0.3, 0.4) is 0 Å². The van der Waals surface area contributed by atoms with Crippen LogP contribution < -0.4 is 5.73 Å². The van der Waals surface area contributed by atoms with Crippen LogP contribution in [-0.4, -0.2) is 29.8 Å². The quantitative estimate of drug-likeness (QED) is 0.837. The number of hydrogen-bond donors (Lipinski definition) is 1. The van der Waals surface area contributed by atoms with E-state index in [1.165, 1.54) is 0 Å². The van der Waals surface area contributed by atoms with Gasteiger partial charge in [-0.2, -0.15) is 0 Å². The fourth-order valence-electron chi connectivity index (χ4n) is 2.41. The standard InChI is InChI=1S/C14H15BrF2N2O2/c15-10-6-12(17)11(16)4-9(10)5-13(20)19-3-1-2-8(7-19)14(18)21/h4,6,8H,1-3,5,7H2,(H2,18,21)/t8-/m0/s1. The first-order valence-electron chi connectivity index (χ1n) is 6.59. The van der Waals surface area contributed by atoms with Crippen molar-refractivity contribution in [2.45, 2.75) is 19.3 Å². The van der Waals surface area contributed by atoms with Gasteiger partial charge in [-0.3, -0.25) is 9.59 Å². The van der Waals surface area contributed by atoms with Crippen LogP contribution in [0.25, 0.3) is 0 Å². The van der Waals surface area contributed by atoms with E-state index in [0.29, 0.717) is 29.4 Å². The minimum atomic E-state index is -0.991. The molecule has 1 fully saturated rings. The summed E-state index contributed by atoms with van der Waals surface area (Å²) in [6.07, 6.45) is 1.33. The minimum Gasteiger partial charge on any atom is -0.369 e. The minimum absolute atomic E-state index is 0.0523. The summed E-state index contributed by atoms with van der Waals surface area (Å²) in [6, 6.07) is 2.01. The zero-order valence-electron chi connectivity index (χ0n) is 11.2. The predicted molar refractivity (Wildman–Crippen MR) is 76.3 cm³/mol. The van der Waals surface area contributed by atoms with E-state index >= 15 is 0 Å². The van der Waals surface area contributed by atoms with Gasteiger partial charge in [-0.1, -0.05) is 15.9 Å². The summed E-state index contributed by atoms with van der Waals surface area (Å²) >= 11 is 3.12. The van der Waals surface area contributed by atoms with E-state index in [0.717, 1.165) is 12.1 Å². The zero-order chi connectivity index (χ0) is 15.6. The maximum Gasteiger partial charge on any atom is 0.227 e. The highest BCUT2D eigenvalue weighted by Crippen LogP contribution is 2.23. The fourth-order valence-corrected chi connectivity index (χ4v) is 2.87. The average molecular weight is 361 g/mol. The number of amides is 2. The van der Waals surface area contributed by atoms with Crippen molar-refractivity contribution in [1.29, 1.82) is 0 Å². The van der Waals surface area contributed by atoms with E-state index in [4.69, 9.17) is 5.73 Å². The third kappa shape index (κ3) is 3.78. The molecule has 114 valence electrons. The molecule has 1 aliphatic heterocycles. The number of rotatable bonds is 3. The number of carbonyl (C=O) groups excluding carboxylic acids is 2. The maximum atomic E-state index is 13.2. The van der Waals surface area contributed by atoms with Crippen molar-refractivity contribution in [1.82, 2.24) is 4.90 Å². The van der Waals surface area contributed by atoms with Crippen LogP contribution in [0.2, 0.25) is 0 Å². The topological polar surface area (TPSA) is 63.4 Å². The van der Waals surface area contributed by atoms with Crippen LogP contribution in [0.1, 0.15) is 18.4 Å². The van der Waals surface area contributed by atoms with E-state index < -0.39 is 17.5 Å². The third-order valence-corrected chi connectivity index (χ3v) is 4.35. The molecule has 1 aliphatic rings. The van der Waals surface area contributed by atoms with Crippen LogP contribution in [0.4, 0.5) is 8.78 Å². The number of primary amides is 1. The third-order valence-electron chi connectivity index (χ3n) is 3.61. The Morgan fingerprint density at radius 2 is 2.00 bits per heavy atom. The first-order chi connectivity index (χ1) is 9.88. The smallest absolute Gasteiger partial charge is 0.227 e. The van der Waals surface area contributed by atoms with E-state index in [1.807, 2.05) is 0 Å². The molecular formula is C14H15BrF2N2O2. The lowest BCUT2D eigenvalue weighted by Gasteiger charge is -2.31. The van der Waals surface area contributed by atoms with Gasteiger partial charge in [0.2, 0.25) is 11.8 Å². The van der Waals surface area contributed by atoms with Gasteiger partial charge < -0.3 is 10.6 Å². The highest BCUT2D eigenvalue weighted by atomic mass is 79.9. The summed E-state index contributed by atoms with van der Waals surface area (Å²) in [5.41, 5.74) is 5.64. The van der Waals surface area contributed by atoms with Crippen molar-refractivity contribution in [3.8, 4) is 0 Å². The Balaban J connectivity index is 2.07. The molecule has 1 atom stereocenters. The van der Waals surface area contributed by atoms with Gasteiger partial charge in [0.05, 0.1) is 12.3 Å². The van der Waals surface area contributed by atoms with Gasteiger partial charge in [0.15, 0.2) is 11.6 Å². The van der Waals surface area contributed by atoms with Crippen molar-refractivity contribution in [3.63, 3.8) is 0 Å². The fraction of sp³-hybridized carbons (Fsp3) is 0.429. The molecular weight excluding hydrogens is 346 g/mol. The molecule has 2 rings (SSSR count). The molecule has 1 aromatic rings. The molecule has 1 aromatic carbocycles. The van der Waals surface area contributed by atoms with Gasteiger partial charge >= 0.3 is 0 Å². The summed E-state index contributed by atoms with van der Waals surface area (Å²) in [4.78, 5) is 25.0. The number of piperidine rings is 1. The van der Waals surface area contributed by atoms with Crippen LogP contribution in [0.15, 0.2) is 16.6 Å². The molecule has 0 unspecified atom stereocenters. The van der Waals surface area contributed by atoms with Gasteiger partial charge in [0, 0.05) is 17.6 Å². The summed E-state index contributed by atoms with van der Waals surface area (Å²) < 4.78 is 26.6. The second kappa shape index (κ2) is 6.51. The van der Waals surface area contributed by atoms with Crippen molar-refractivity contribution in [3.05, 3.63) is 33.8 Å². The molecule has 7 heteroatoms. The summed E-state index contributed by atoms with van der Waals surface area (Å²) in [5, 5.41) is 0. The first kappa shape index (κ1) is 15.9. The number of hydrogen-bond acceptors (Lipinski definition) is 2. The predicted octanol–water partition coefficient (Wildman–Crippen LogP) is 1.99. The van der Waals surface area contributed by atoms with E-state index in [-0.39, 0.29) is 24.8 Å². The monoisotopic (exact) mass is 360 g/mol. The van der Waals surface area contributed by atoms with Gasteiger partial charge in [-0.05, 0) is 30.5 Å². The van der Waals surface area contributed by atoms with Gasteiger partial charge in [0.25, 0.3) is 0 Å². The molecule has 0 aromatic heterocycles. The van der Waals surface area contributed by atoms with Crippen LogP contribution >= 0.6 is 15.9 Å². The van der Waals surface area contributed by atoms with Crippen molar-refractivity contribution in [2.24, 2.45) is 11.7 Å². The largest absolute Gasteiger partial charge is 0.369 e. The maximum absolute atomic E-state index is 13.2. The van der Waals surface area contributed by atoms with Gasteiger partial charge in [0.1, 0.15) is 0 Å². The molecule has 4 nitrogen and oxygen atoms in total. The highest BCUT2D eigenvalue weighted by molar-refractivity contribution is 9.10. The molecule has 21 heavy (non-hydrogen) atoms. The Bertz CT molecular complexity index is 580. The Kier molecular flexibility index (Phi) is 4.92. The molecule has 1 saturated heterocycles. The van der Waals surface area contributed by atoms with Crippen LogP contribution in [0.5, 0.6) is 0 Å². The number of nitrogens with two attached hydrogens (primary N) is 1. The second-order valence-corrected chi connectivity index (χ2v) is 5.97. The number of nitrogens with zero attached hydrogens (tertiary/aromatic N) is 1. The Hall–Kier alpha value is -1.50. The Labute approximate surface area is 129 Å². The second-order valence-electron chi connectivity index (χ2n) is 5.12. The lowest BCUT2D eigenvalue weighted by atomic mass is 9.97. The Morgan fingerprint density at radius 1 is 1.33 bits per heavy atom. The lowest BCUT2D eigenvalue weighted by Crippen LogP contribution is -2.44. The normalized spacial score (nSPS) is 18.6. The zero-order valence-corrected chi connectivity index (χ0v) is 12.8. The molecule has 0 spiro atoms. The van der Waals surface area contributed by atoms with E-state index in [1.54, 1.807) is 4.90 Å². The summed E-state index contributed by atoms with van der Waals surface area (Å²) in [5.74, 6) is -2.94. The SMILES string of the molecule is NC(=O)[C@H]1CCCN(C(=O)Cc2cc(F)c(F)cc2Br)C1. The average Bonchev–Trinajstić information content (AvgIpc) is 2.44. The van der Waals surface area contributed by atoms with Crippen molar-refractivity contribution >= 4 is 27.7 Å². The van der Waals surface area contributed by atoms with Crippen LogP contribution in [-0.2, 0) is 16.0 Å². The number of likely N-dealkylation sites (tertiary alicyclic amines) is 1. The van der Waals surface area contributed by atoms with E-state index in [9.17, 15) is 18.4 Å². The molecule has 2 N–H and O–H groups in total. The van der Waals surface area contributed by atoms with E-state index in [2.05, 4.69) is 15.9 Å². The first-order valence-corrected chi connectivity index (χ1v) is 7.38. The molecule has 1 heterocycles. The molecule has 0 bridgehead atoms. The lowest BCUT2D eigenvalue weighted by molar-refractivity contribution is -0.134. The number of benzene rings is 1. The Morgan fingerprint density at radius 3 is 2.67 bits per heavy atom. The van der Waals surface area contributed by atoms with Gasteiger partial charge in [-0.15, -0.1) is 0 Å². The molecule has 0 saturated carbocycles.